The summed E-state index contributed by atoms with van der Waals surface area (Å²) in [5.74, 6) is -0.779. The molecule has 1 atom stereocenters. The molecule has 0 saturated carbocycles. The van der Waals surface area contributed by atoms with E-state index < -0.39 is 11.8 Å². The smallest absolute Gasteiger partial charge is 0.199 e. The lowest BCUT2D eigenvalue weighted by atomic mass is 9.98. The van der Waals surface area contributed by atoms with Crippen molar-refractivity contribution >= 4 is 46.7 Å². The summed E-state index contributed by atoms with van der Waals surface area (Å²) < 4.78 is 0. The Labute approximate surface area is 148 Å². The van der Waals surface area contributed by atoms with Crippen LogP contribution in [0.5, 0.6) is 0 Å². The van der Waals surface area contributed by atoms with Crippen molar-refractivity contribution in [2.45, 2.75) is 10.9 Å². The van der Waals surface area contributed by atoms with E-state index in [1.165, 1.54) is 12.1 Å². The number of hydrogen-bond acceptors (Lipinski definition) is 5. The summed E-state index contributed by atoms with van der Waals surface area (Å²) in [7, 11) is 0. The minimum Gasteiger partial charge on any atom is -0.292 e. The number of rotatable bonds is 4. The largest absolute Gasteiger partial charge is 0.292 e. The van der Waals surface area contributed by atoms with Crippen molar-refractivity contribution < 1.29 is 9.59 Å². The average Bonchev–Trinajstić information content (AvgIpc) is 2.61. The number of thioether (sulfide) groups is 1. The highest BCUT2D eigenvalue weighted by atomic mass is 35.5. The maximum Gasteiger partial charge on any atom is 0.199 e. The van der Waals surface area contributed by atoms with E-state index in [4.69, 9.17) is 11.6 Å². The van der Waals surface area contributed by atoms with E-state index in [-0.39, 0.29) is 5.78 Å². The van der Waals surface area contributed by atoms with Gasteiger partial charge in [-0.25, -0.2) is 0 Å². The van der Waals surface area contributed by atoms with E-state index in [2.05, 4.69) is 10.2 Å². The van der Waals surface area contributed by atoms with E-state index in [0.29, 0.717) is 16.3 Å². The molecular weight excluding hydrogens is 344 g/mol. The first kappa shape index (κ1) is 16.6. The molecule has 3 rings (SSSR count). The quantitative estimate of drug-likeness (QED) is 0.440. The molecule has 2 aromatic rings. The number of carbonyl (C=O) groups is 2. The second kappa shape index (κ2) is 7.11. The summed E-state index contributed by atoms with van der Waals surface area (Å²) in [6, 6.07) is 11.4. The third-order valence-electron chi connectivity index (χ3n) is 3.58. The first-order valence-corrected chi connectivity index (χ1v) is 8.79. The van der Waals surface area contributed by atoms with Crippen molar-refractivity contribution in [2.24, 2.45) is 10.2 Å². The standard InChI is InChI=1S/C18H13ClN2O2S/c1-24-13-6-2-11(3-7-13)4-9-16(22)17-18(23)14-10-12(19)5-8-15(14)20-21-17/h2-10,17H,1H3/b9-4+. The molecular formula is C18H13ClN2O2S. The van der Waals surface area contributed by atoms with E-state index in [9.17, 15) is 9.59 Å². The van der Waals surface area contributed by atoms with Crippen LogP contribution >= 0.6 is 23.4 Å². The number of carbonyl (C=O) groups excluding carboxylic acids is 2. The maximum atomic E-state index is 12.4. The van der Waals surface area contributed by atoms with Gasteiger partial charge in [-0.15, -0.1) is 11.8 Å². The molecule has 1 aliphatic heterocycles. The molecule has 1 aliphatic rings. The lowest BCUT2D eigenvalue weighted by Gasteiger charge is -2.14. The highest BCUT2D eigenvalue weighted by Gasteiger charge is 2.31. The van der Waals surface area contributed by atoms with Gasteiger partial charge in [0, 0.05) is 15.5 Å². The summed E-state index contributed by atoms with van der Waals surface area (Å²) in [6.45, 7) is 0. The van der Waals surface area contributed by atoms with Crippen LogP contribution in [0.3, 0.4) is 0 Å². The zero-order chi connectivity index (χ0) is 17.1. The SMILES string of the molecule is CSc1ccc(/C=C/C(=O)C2N=Nc3ccc(Cl)cc3C2=O)cc1. The van der Waals surface area contributed by atoms with Crippen LogP contribution < -0.4 is 0 Å². The summed E-state index contributed by atoms with van der Waals surface area (Å²) in [6.07, 6.45) is 5.03. The van der Waals surface area contributed by atoms with Gasteiger partial charge < -0.3 is 0 Å². The summed E-state index contributed by atoms with van der Waals surface area (Å²) >= 11 is 7.56. The third-order valence-corrected chi connectivity index (χ3v) is 4.56. The molecule has 4 nitrogen and oxygen atoms in total. The molecule has 0 amide bonds. The monoisotopic (exact) mass is 356 g/mol. The highest BCUT2D eigenvalue weighted by molar-refractivity contribution is 7.98. The number of ketones is 2. The van der Waals surface area contributed by atoms with Crippen LogP contribution in [-0.4, -0.2) is 23.9 Å². The van der Waals surface area contributed by atoms with E-state index in [1.807, 2.05) is 30.5 Å². The first-order chi connectivity index (χ1) is 11.6. The lowest BCUT2D eigenvalue weighted by Crippen LogP contribution is -2.28. The Bertz CT molecular complexity index is 860. The van der Waals surface area contributed by atoms with Gasteiger partial charge in [0.25, 0.3) is 0 Å². The van der Waals surface area contributed by atoms with Crippen molar-refractivity contribution in [3.8, 4) is 0 Å². The molecule has 2 aromatic carbocycles. The normalized spacial score (nSPS) is 16.4. The van der Waals surface area contributed by atoms with Crippen LogP contribution in [0.1, 0.15) is 15.9 Å². The van der Waals surface area contributed by atoms with Gasteiger partial charge in [-0.05, 0) is 48.2 Å². The van der Waals surface area contributed by atoms with Gasteiger partial charge in [0.2, 0.25) is 0 Å². The zero-order valence-electron chi connectivity index (χ0n) is 12.8. The number of hydrogen-bond donors (Lipinski definition) is 0. The molecule has 0 aromatic heterocycles. The van der Waals surface area contributed by atoms with Crippen molar-refractivity contribution in [2.75, 3.05) is 6.26 Å². The number of nitrogens with zero attached hydrogens (tertiary/aromatic N) is 2. The molecule has 0 saturated heterocycles. The number of benzene rings is 2. The van der Waals surface area contributed by atoms with E-state index >= 15 is 0 Å². The molecule has 0 aliphatic carbocycles. The fourth-order valence-electron chi connectivity index (χ4n) is 2.28. The average molecular weight is 357 g/mol. The van der Waals surface area contributed by atoms with Gasteiger partial charge in [0.1, 0.15) is 0 Å². The van der Waals surface area contributed by atoms with Gasteiger partial charge >= 0.3 is 0 Å². The van der Waals surface area contributed by atoms with Gasteiger partial charge in [-0.3, -0.25) is 9.59 Å². The second-order valence-corrected chi connectivity index (χ2v) is 6.47. The summed E-state index contributed by atoms with van der Waals surface area (Å²) in [4.78, 5) is 25.9. The fourth-order valence-corrected chi connectivity index (χ4v) is 2.86. The first-order valence-electron chi connectivity index (χ1n) is 7.19. The Hall–Kier alpha value is -2.24. The molecule has 0 fully saturated rings. The predicted octanol–water partition coefficient (Wildman–Crippen LogP) is 4.99. The van der Waals surface area contributed by atoms with Gasteiger partial charge in [-0.1, -0.05) is 29.8 Å². The molecule has 1 unspecified atom stereocenters. The Balaban J connectivity index is 1.78. The maximum absolute atomic E-state index is 12.4. The van der Waals surface area contributed by atoms with Crippen LogP contribution in [0.4, 0.5) is 5.69 Å². The number of fused-ring (bicyclic) bond motifs is 1. The molecule has 6 heteroatoms. The minimum absolute atomic E-state index is 0.327. The van der Waals surface area contributed by atoms with Crippen molar-refractivity contribution in [3.63, 3.8) is 0 Å². The predicted molar refractivity (Wildman–Crippen MR) is 96.4 cm³/mol. The number of azo groups is 1. The Morgan fingerprint density at radius 1 is 1.21 bits per heavy atom. The molecule has 24 heavy (non-hydrogen) atoms. The third kappa shape index (κ3) is 3.47. The van der Waals surface area contributed by atoms with E-state index in [0.717, 1.165) is 10.5 Å². The molecule has 0 N–H and O–H groups in total. The second-order valence-electron chi connectivity index (χ2n) is 5.15. The van der Waals surface area contributed by atoms with Crippen molar-refractivity contribution in [3.05, 3.63) is 64.7 Å². The summed E-state index contributed by atoms with van der Waals surface area (Å²) in [5, 5.41) is 8.23. The van der Waals surface area contributed by atoms with Crippen LogP contribution in [0.15, 0.2) is 63.7 Å². The molecule has 1 heterocycles. The Morgan fingerprint density at radius 3 is 2.67 bits per heavy atom. The van der Waals surface area contributed by atoms with Crippen LogP contribution in [-0.2, 0) is 4.79 Å². The molecule has 120 valence electrons. The van der Waals surface area contributed by atoms with Crippen molar-refractivity contribution in [1.82, 2.24) is 0 Å². The summed E-state index contributed by atoms with van der Waals surface area (Å²) in [5.41, 5.74) is 1.64. The lowest BCUT2D eigenvalue weighted by molar-refractivity contribution is -0.114. The Kier molecular flexibility index (Phi) is 4.92. The van der Waals surface area contributed by atoms with Crippen LogP contribution in [0.2, 0.25) is 5.02 Å². The van der Waals surface area contributed by atoms with E-state index in [1.54, 1.807) is 30.0 Å². The number of halogens is 1. The molecule has 0 radical (unpaired) electrons. The van der Waals surface area contributed by atoms with Crippen molar-refractivity contribution in [1.29, 1.82) is 0 Å². The fraction of sp³-hybridized carbons (Fsp3) is 0.111. The highest BCUT2D eigenvalue weighted by Crippen LogP contribution is 2.29. The zero-order valence-corrected chi connectivity index (χ0v) is 14.3. The minimum atomic E-state index is -1.14. The van der Waals surface area contributed by atoms with Gasteiger partial charge in [0.05, 0.1) is 5.69 Å². The molecule has 0 bridgehead atoms. The van der Waals surface area contributed by atoms with Crippen LogP contribution in [0.25, 0.3) is 6.08 Å². The van der Waals surface area contributed by atoms with Gasteiger partial charge in [0.15, 0.2) is 17.6 Å². The topological polar surface area (TPSA) is 58.9 Å². The molecule has 0 spiro atoms. The van der Waals surface area contributed by atoms with Crippen LogP contribution in [0, 0.1) is 0 Å². The van der Waals surface area contributed by atoms with Gasteiger partial charge in [-0.2, -0.15) is 10.2 Å². The Morgan fingerprint density at radius 2 is 1.96 bits per heavy atom. The number of Topliss-reactive ketones (excluding diaryl/α,β-unsaturated/α-hetero) is 1.